The van der Waals surface area contributed by atoms with Gasteiger partial charge in [0, 0.05) is 10.7 Å². The largest absolute Gasteiger partial charge is 0.444 e. The summed E-state index contributed by atoms with van der Waals surface area (Å²) in [6, 6.07) is 0. The molecular weight excluding hydrogens is 307 g/mol. The average molecular weight is 322 g/mol. The van der Waals surface area contributed by atoms with Gasteiger partial charge in [0.15, 0.2) is 5.15 Å². The van der Waals surface area contributed by atoms with Crippen LogP contribution in [0.2, 0.25) is 5.15 Å². The molecule has 0 fully saturated rings. The molecule has 1 aromatic rings. The number of amides is 1. The van der Waals surface area contributed by atoms with E-state index in [1.807, 2.05) is 6.92 Å². The lowest BCUT2D eigenvalue weighted by atomic mass is 10.2. The van der Waals surface area contributed by atoms with Crippen LogP contribution in [0.3, 0.4) is 0 Å². The Morgan fingerprint density at radius 3 is 2.65 bits per heavy atom. The minimum absolute atomic E-state index is 0.233. The minimum Gasteiger partial charge on any atom is -0.444 e. The standard InChI is InChI=1S/C11H14BrClN2O2/c1-6-7(12)5-14-9(13)8(6)15-10(16)17-11(2,3)4/h5H,1-4H3,(H,15,16). The number of rotatable bonds is 1. The van der Waals surface area contributed by atoms with Gasteiger partial charge in [0.2, 0.25) is 0 Å². The number of aromatic nitrogens is 1. The van der Waals surface area contributed by atoms with Crippen LogP contribution in [0, 0.1) is 6.92 Å². The molecule has 0 unspecified atom stereocenters. The fourth-order valence-electron chi connectivity index (χ4n) is 1.10. The number of pyridine rings is 1. The van der Waals surface area contributed by atoms with Crippen molar-refractivity contribution in [1.82, 2.24) is 4.98 Å². The zero-order valence-corrected chi connectivity index (χ0v) is 12.4. The zero-order valence-electron chi connectivity index (χ0n) is 10.1. The molecule has 6 heteroatoms. The quantitative estimate of drug-likeness (QED) is 0.790. The highest BCUT2D eigenvalue weighted by molar-refractivity contribution is 9.10. The molecule has 0 aliphatic carbocycles. The Morgan fingerprint density at radius 1 is 1.53 bits per heavy atom. The van der Waals surface area contributed by atoms with Crippen molar-refractivity contribution in [3.8, 4) is 0 Å². The number of nitrogens with one attached hydrogen (secondary N) is 1. The summed E-state index contributed by atoms with van der Waals surface area (Å²) in [6.07, 6.45) is 1.03. The van der Waals surface area contributed by atoms with Crippen LogP contribution in [-0.2, 0) is 4.74 Å². The maximum Gasteiger partial charge on any atom is 0.412 e. The predicted octanol–water partition coefficient (Wildman–Crippen LogP) is 4.15. The van der Waals surface area contributed by atoms with Gasteiger partial charge in [-0.2, -0.15) is 0 Å². The Hall–Kier alpha value is -0.810. The molecule has 0 aliphatic heterocycles. The van der Waals surface area contributed by atoms with Gasteiger partial charge in [0.1, 0.15) is 5.60 Å². The van der Waals surface area contributed by atoms with Crippen LogP contribution in [0.25, 0.3) is 0 Å². The summed E-state index contributed by atoms with van der Waals surface area (Å²) in [7, 11) is 0. The normalized spacial score (nSPS) is 11.2. The summed E-state index contributed by atoms with van der Waals surface area (Å²) >= 11 is 9.23. The van der Waals surface area contributed by atoms with Gasteiger partial charge in [-0.05, 0) is 49.2 Å². The van der Waals surface area contributed by atoms with E-state index < -0.39 is 11.7 Å². The van der Waals surface area contributed by atoms with E-state index in [0.717, 1.165) is 10.0 Å². The van der Waals surface area contributed by atoms with Crippen LogP contribution < -0.4 is 5.32 Å². The molecule has 0 radical (unpaired) electrons. The number of hydrogen-bond acceptors (Lipinski definition) is 3. The molecule has 0 aliphatic rings. The number of ether oxygens (including phenoxy) is 1. The van der Waals surface area contributed by atoms with E-state index >= 15 is 0 Å². The molecule has 1 N–H and O–H groups in total. The van der Waals surface area contributed by atoms with Gasteiger partial charge in [-0.25, -0.2) is 9.78 Å². The molecule has 0 atom stereocenters. The average Bonchev–Trinajstić information content (AvgIpc) is 2.16. The lowest BCUT2D eigenvalue weighted by molar-refractivity contribution is 0.0635. The van der Waals surface area contributed by atoms with Crippen LogP contribution >= 0.6 is 27.5 Å². The Kier molecular flexibility index (Phi) is 4.38. The molecule has 17 heavy (non-hydrogen) atoms. The van der Waals surface area contributed by atoms with Crippen molar-refractivity contribution in [2.45, 2.75) is 33.3 Å². The van der Waals surface area contributed by atoms with Gasteiger partial charge in [-0.1, -0.05) is 11.6 Å². The predicted molar refractivity (Wildman–Crippen MR) is 71.5 cm³/mol. The van der Waals surface area contributed by atoms with Crippen molar-refractivity contribution in [3.05, 3.63) is 21.4 Å². The number of hydrogen-bond donors (Lipinski definition) is 1. The summed E-state index contributed by atoms with van der Waals surface area (Å²) in [6.45, 7) is 7.20. The summed E-state index contributed by atoms with van der Waals surface area (Å²) in [5.74, 6) is 0. The molecule has 0 saturated carbocycles. The van der Waals surface area contributed by atoms with E-state index in [1.165, 1.54) is 0 Å². The van der Waals surface area contributed by atoms with Crippen molar-refractivity contribution in [2.24, 2.45) is 0 Å². The smallest absolute Gasteiger partial charge is 0.412 e. The van der Waals surface area contributed by atoms with Crippen molar-refractivity contribution < 1.29 is 9.53 Å². The number of carbonyl (C=O) groups is 1. The lowest BCUT2D eigenvalue weighted by Gasteiger charge is -2.20. The monoisotopic (exact) mass is 320 g/mol. The number of halogens is 2. The first-order valence-electron chi connectivity index (χ1n) is 5.01. The number of anilines is 1. The summed E-state index contributed by atoms with van der Waals surface area (Å²) < 4.78 is 5.91. The van der Waals surface area contributed by atoms with E-state index in [0.29, 0.717) is 5.69 Å². The molecule has 0 aromatic carbocycles. The van der Waals surface area contributed by atoms with Gasteiger partial charge in [-0.3, -0.25) is 5.32 Å². The van der Waals surface area contributed by atoms with Crippen molar-refractivity contribution in [2.75, 3.05) is 5.32 Å². The third-order valence-electron chi connectivity index (χ3n) is 1.86. The first-order chi connectivity index (χ1) is 7.70. The summed E-state index contributed by atoms with van der Waals surface area (Å²) in [5, 5.41) is 2.82. The first-order valence-corrected chi connectivity index (χ1v) is 6.18. The number of carbonyl (C=O) groups excluding carboxylic acids is 1. The Labute approximate surface area is 114 Å². The van der Waals surface area contributed by atoms with Crippen LogP contribution in [0.4, 0.5) is 10.5 Å². The highest BCUT2D eigenvalue weighted by Gasteiger charge is 2.18. The number of nitrogens with zero attached hydrogens (tertiary/aromatic N) is 1. The third-order valence-corrected chi connectivity index (χ3v) is 2.94. The van der Waals surface area contributed by atoms with Crippen LogP contribution in [-0.4, -0.2) is 16.7 Å². The van der Waals surface area contributed by atoms with E-state index in [9.17, 15) is 4.79 Å². The molecule has 0 spiro atoms. The molecule has 1 amide bonds. The SMILES string of the molecule is Cc1c(Br)cnc(Cl)c1NC(=O)OC(C)(C)C. The maximum absolute atomic E-state index is 11.6. The molecule has 0 bridgehead atoms. The summed E-state index contributed by atoms with van der Waals surface area (Å²) in [5.41, 5.74) is 0.704. The van der Waals surface area contributed by atoms with Crippen molar-refractivity contribution in [3.63, 3.8) is 0 Å². The highest BCUT2D eigenvalue weighted by atomic mass is 79.9. The zero-order chi connectivity index (χ0) is 13.2. The minimum atomic E-state index is -0.553. The lowest BCUT2D eigenvalue weighted by Crippen LogP contribution is -2.27. The second-order valence-electron chi connectivity index (χ2n) is 4.52. The fraction of sp³-hybridized carbons (Fsp3) is 0.455. The van der Waals surface area contributed by atoms with Crippen LogP contribution in [0.5, 0.6) is 0 Å². The van der Waals surface area contributed by atoms with E-state index in [4.69, 9.17) is 16.3 Å². The third kappa shape index (κ3) is 4.16. The van der Waals surface area contributed by atoms with Gasteiger partial charge in [0.05, 0.1) is 5.69 Å². The van der Waals surface area contributed by atoms with Gasteiger partial charge >= 0.3 is 6.09 Å². The van der Waals surface area contributed by atoms with E-state index in [1.54, 1.807) is 27.0 Å². The van der Waals surface area contributed by atoms with Crippen molar-refractivity contribution in [1.29, 1.82) is 0 Å². The van der Waals surface area contributed by atoms with Crippen LogP contribution in [0.15, 0.2) is 10.7 Å². The Bertz CT molecular complexity index is 444. The second kappa shape index (κ2) is 5.23. The molecule has 4 nitrogen and oxygen atoms in total. The topological polar surface area (TPSA) is 51.2 Å². The van der Waals surface area contributed by atoms with Crippen LogP contribution in [0.1, 0.15) is 26.3 Å². The Balaban J connectivity index is 2.89. The van der Waals surface area contributed by atoms with Crippen molar-refractivity contribution >= 4 is 39.3 Å². The summed E-state index contributed by atoms with van der Waals surface area (Å²) in [4.78, 5) is 15.5. The molecular formula is C11H14BrClN2O2. The first kappa shape index (κ1) is 14.3. The molecule has 1 rings (SSSR count). The van der Waals surface area contributed by atoms with Gasteiger partial charge < -0.3 is 4.74 Å². The molecule has 0 saturated heterocycles. The van der Waals surface area contributed by atoms with Gasteiger partial charge in [-0.15, -0.1) is 0 Å². The molecule has 1 heterocycles. The van der Waals surface area contributed by atoms with E-state index in [-0.39, 0.29) is 5.15 Å². The van der Waals surface area contributed by atoms with E-state index in [2.05, 4.69) is 26.2 Å². The maximum atomic E-state index is 11.6. The highest BCUT2D eigenvalue weighted by Crippen LogP contribution is 2.29. The second-order valence-corrected chi connectivity index (χ2v) is 5.74. The fourth-order valence-corrected chi connectivity index (χ4v) is 1.64. The molecule has 94 valence electrons. The Morgan fingerprint density at radius 2 is 2.12 bits per heavy atom. The van der Waals surface area contributed by atoms with Gasteiger partial charge in [0.25, 0.3) is 0 Å². The molecule has 1 aromatic heterocycles.